The average Bonchev–Trinajstić information content (AvgIpc) is 2.53. The first-order valence-electron chi connectivity index (χ1n) is 6.88. The van der Waals surface area contributed by atoms with Crippen LogP contribution < -0.4 is 10.6 Å². The Morgan fingerprint density at radius 3 is 2.39 bits per heavy atom. The molecule has 1 aromatic carbocycles. The quantitative estimate of drug-likeness (QED) is 0.710. The molecule has 116 valence electrons. The number of rotatable bonds is 5. The minimum absolute atomic E-state index is 0.528. The summed E-state index contributed by atoms with van der Waals surface area (Å²) in [5.74, 6) is 1.18. The van der Waals surface area contributed by atoms with Gasteiger partial charge in [0.2, 0.25) is 5.95 Å². The number of hydrogen-bond donors (Lipinski definition) is 2. The van der Waals surface area contributed by atoms with E-state index in [0.29, 0.717) is 28.4 Å². The molecule has 0 saturated carbocycles. The fourth-order valence-corrected chi connectivity index (χ4v) is 2.50. The van der Waals surface area contributed by atoms with Crippen molar-refractivity contribution in [2.45, 2.75) is 6.54 Å². The first-order valence-corrected chi connectivity index (χ1v) is 7.63. The van der Waals surface area contributed by atoms with E-state index in [0.717, 1.165) is 11.3 Å². The predicted octanol–water partition coefficient (Wildman–Crippen LogP) is 4.53. The monoisotopic (exact) mass is 345 g/mol. The van der Waals surface area contributed by atoms with Crippen LogP contribution in [0.4, 0.5) is 17.5 Å². The fourth-order valence-electron chi connectivity index (χ4n) is 1.97. The Morgan fingerprint density at radius 2 is 1.65 bits per heavy atom. The lowest BCUT2D eigenvalue weighted by Gasteiger charge is -2.09. The summed E-state index contributed by atoms with van der Waals surface area (Å²) < 4.78 is 0. The summed E-state index contributed by atoms with van der Waals surface area (Å²) in [6, 6.07) is 10.9. The summed E-state index contributed by atoms with van der Waals surface area (Å²) in [5, 5.41) is 7.44. The van der Waals surface area contributed by atoms with E-state index in [-0.39, 0.29) is 0 Å². The summed E-state index contributed by atoms with van der Waals surface area (Å²) in [6.45, 7) is 0.620. The van der Waals surface area contributed by atoms with Crippen molar-refractivity contribution in [1.82, 2.24) is 15.0 Å². The molecule has 0 spiro atoms. The zero-order valence-corrected chi connectivity index (χ0v) is 13.5. The first-order chi connectivity index (χ1) is 11.2. The Labute approximate surface area is 143 Å². The van der Waals surface area contributed by atoms with Gasteiger partial charge in [-0.2, -0.15) is 4.98 Å². The Bertz CT molecular complexity index is 775. The van der Waals surface area contributed by atoms with E-state index in [1.165, 1.54) is 0 Å². The Morgan fingerprint density at radius 1 is 0.913 bits per heavy atom. The van der Waals surface area contributed by atoms with Crippen molar-refractivity contribution < 1.29 is 0 Å². The van der Waals surface area contributed by atoms with Crippen molar-refractivity contribution in [3.8, 4) is 0 Å². The molecule has 2 N–H and O–H groups in total. The normalized spacial score (nSPS) is 10.3. The summed E-state index contributed by atoms with van der Waals surface area (Å²) >= 11 is 12.0. The van der Waals surface area contributed by atoms with Crippen LogP contribution in [-0.4, -0.2) is 15.0 Å². The number of hydrogen-bond acceptors (Lipinski definition) is 5. The lowest BCUT2D eigenvalue weighted by Crippen LogP contribution is -2.05. The molecule has 0 aliphatic heterocycles. The van der Waals surface area contributed by atoms with Gasteiger partial charge in [-0.05, 0) is 42.0 Å². The zero-order chi connectivity index (χ0) is 16.1. The molecule has 0 aliphatic carbocycles. The van der Waals surface area contributed by atoms with Gasteiger partial charge in [0.05, 0.1) is 0 Å². The minimum atomic E-state index is 0.528. The molecule has 3 aromatic rings. The van der Waals surface area contributed by atoms with E-state index in [2.05, 4.69) is 25.6 Å². The number of anilines is 3. The second kappa shape index (κ2) is 7.26. The van der Waals surface area contributed by atoms with E-state index >= 15 is 0 Å². The number of aromatic nitrogens is 3. The van der Waals surface area contributed by atoms with Gasteiger partial charge >= 0.3 is 0 Å². The van der Waals surface area contributed by atoms with E-state index in [1.54, 1.807) is 42.9 Å². The van der Waals surface area contributed by atoms with E-state index in [4.69, 9.17) is 23.2 Å². The van der Waals surface area contributed by atoms with Crippen LogP contribution >= 0.6 is 23.2 Å². The average molecular weight is 346 g/mol. The van der Waals surface area contributed by atoms with Crippen molar-refractivity contribution >= 4 is 40.7 Å². The smallest absolute Gasteiger partial charge is 0.224 e. The van der Waals surface area contributed by atoms with Gasteiger partial charge < -0.3 is 10.6 Å². The second-order valence-electron chi connectivity index (χ2n) is 4.76. The number of benzene rings is 1. The largest absolute Gasteiger partial charge is 0.350 e. The van der Waals surface area contributed by atoms with Crippen LogP contribution in [0.5, 0.6) is 0 Å². The zero-order valence-electron chi connectivity index (χ0n) is 12.0. The van der Waals surface area contributed by atoms with Crippen LogP contribution in [-0.2, 0) is 6.54 Å². The fraction of sp³-hybridized carbons (Fsp3) is 0.0625. The standard InChI is InChI=1S/C16H13Cl2N5/c17-12-7-13(18)9-14(8-12)22-15-3-6-20-16(23-15)21-10-11-1-4-19-5-2-11/h1-9H,10H2,(H2,20,21,22,23). The predicted molar refractivity (Wildman–Crippen MR) is 93.3 cm³/mol. The maximum atomic E-state index is 5.99. The highest BCUT2D eigenvalue weighted by Gasteiger charge is 2.02. The topological polar surface area (TPSA) is 62.7 Å². The highest BCUT2D eigenvalue weighted by atomic mass is 35.5. The molecule has 7 heteroatoms. The summed E-state index contributed by atoms with van der Waals surface area (Å²) in [6.07, 6.45) is 5.17. The molecule has 0 radical (unpaired) electrons. The number of halogens is 2. The maximum Gasteiger partial charge on any atom is 0.224 e. The molecule has 3 rings (SSSR count). The highest BCUT2D eigenvalue weighted by Crippen LogP contribution is 2.24. The Kier molecular flexibility index (Phi) is 4.90. The molecule has 5 nitrogen and oxygen atoms in total. The first kappa shape index (κ1) is 15.5. The van der Waals surface area contributed by atoms with Crippen LogP contribution in [0.2, 0.25) is 10.0 Å². The van der Waals surface area contributed by atoms with Crippen molar-refractivity contribution in [2.75, 3.05) is 10.6 Å². The van der Waals surface area contributed by atoms with Crippen molar-refractivity contribution in [1.29, 1.82) is 0 Å². The maximum absolute atomic E-state index is 5.99. The SMILES string of the molecule is Clc1cc(Cl)cc(Nc2ccnc(NCc3ccncc3)n2)c1. The molecule has 2 heterocycles. The van der Waals surface area contributed by atoms with E-state index in [1.807, 2.05) is 12.1 Å². The van der Waals surface area contributed by atoms with E-state index in [9.17, 15) is 0 Å². The third kappa shape index (κ3) is 4.55. The van der Waals surface area contributed by atoms with E-state index < -0.39 is 0 Å². The third-order valence-corrected chi connectivity index (χ3v) is 3.43. The molecule has 0 unspecified atom stereocenters. The van der Waals surface area contributed by atoms with Gasteiger partial charge in [-0.1, -0.05) is 23.2 Å². The summed E-state index contributed by atoms with van der Waals surface area (Å²) in [5.41, 5.74) is 1.87. The Balaban J connectivity index is 1.69. The van der Waals surface area contributed by atoms with Crippen LogP contribution in [0.25, 0.3) is 0 Å². The van der Waals surface area contributed by atoms with Gasteiger partial charge in [0, 0.05) is 40.9 Å². The lowest BCUT2D eigenvalue weighted by atomic mass is 10.3. The van der Waals surface area contributed by atoms with Crippen LogP contribution in [0.1, 0.15) is 5.56 Å². The summed E-state index contributed by atoms with van der Waals surface area (Å²) in [4.78, 5) is 12.6. The molecule has 0 fully saturated rings. The molecule has 0 aliphatic rings. The van der Waals surface area contributed by atoms with Crippen molar-refractivity contribution in [3.05, 3.63) is 70.6 Å². The van der Waals surface area contributed by atoms with Crippen LogP contribution in [0, 0.1) is 0 Å². The van der Waals surface area contributed by atoms with Crippen LogP contribution in [0.15, 0.2) is 55.0 Å². The number of pyridine rings is 1. The molecule has 2 aromatic heterocycles. The minimum Gasteiger partial charge on any atom is -0.350 e. The molecule has 0 atom stereocenters. The van der Waals surface area contributed by atoms with Crippen molar-refractivity contribution in [2.24, 2.45) is 0 Å². The third-order valence-electron chi connectivity index (χ3n) is 2.99. The van der Waals surface area contributed by atoms with Gasteiger partial charge in [-0.3, -0.25) is 4.98 Å². The summed E-state index contributed by atoms with van der Waals surface area (Å²) in [7, 11) is 0. The molecule has 0 bridgehead atoms. The van der Waals surface area contributed by atoms with Gasteiger partial charge in [0.1, 0.15) is 5.82 Å². The number of nitrogens with zero attached hydrogens (tertiary/aromatic N) is 3. The molecular formula is C16H13Cl2N5. The van der Waals surface area contributed by atoms with Crippen molar-refractivity contribution in [3.63, 3.8) is 0 Å². The van der Waals surface area contributed by atoms with Gasteiger partial charge in [0.15, 0.2) is 0 Å². The molecule has 23 heavy (non-hydrogen) atoms. The van der Waals surface area contributed by atoms with Crippen LogP contribution in [0.3, 0.4) is 0 Å². The number of nitrogens with one attached hydrogen (secondary N) is 2. The highest BCUT2D eigenvalue weighted by molar-refractivity contribution is 6.35. The molecule has 0 amide bonds. The Hall–Kier alpha value is -2.37. The van der Waals surface area contributed by atoms with Gasteiger partial charge in [-0.25, -0.2) is 4.98 Å². The van der Waals surface area contributed by atoms with Gasteiger partial charge in [-0.15, -0.1) is 0 Å². The lowest BCUT2D eigenvalue weighted by molar-refractivity contribution is 1.05. The molecular weight excluding hydrogens is 333 g/mol. The van der Waals surface area contributed by atoms with Gasteiger partial charge in [0.25, 0.3) is 0 Å². The molecule has 0 saturated heterocycles. The second-order valence-corrected chi connectivity index (χ2v) is 5.63.